The molecule has 0 amide bonds. The molecule has 0 spiro atoms. The van der Waals surface area contributed by atoms with E-state index in [9.17, 15) is 0 Å². The molecule has 1 N–H and O–H groups in total. The van der Waals surface area contributed by atoms with Gasteiger partial charge in [-0.05, 0) is 63.5 Å². The molecule has 104 valence electrons. The highest BCUT2D eigenvalue weighted by atomic mass is 15.2. The van der Waals surface area contributed by atoms with Crippen molar-refractivity contribution < 1.29 is 0 Å². The van der Waals surface area contributed by atoms with Crippen LogP contribution >= 0.6 is 0 Å². The molecule has 0 bridgehead atoms. The summed E-state index contributed by atoms with van der Waals surface area (Å²) < 4.78 is 0. The highest BCUT2D eigenvalue weighted by Crippen LogP contribution is 2.29. The minimum Gasteiger partial charge on any atom is -0.385 e. The number of piperidine rings is 1. The smallest absolute Gasteiger partial charge is 0.0393 e. The second-order valence-electron chi connectivity index (χ2n) is 6.02. The van der Waals surface area contributed by atoms with Crippen LogP contribution in [0.2, 0.25) is 0 Å². The van der Waals surface area contributed by atoms with Gasteiger partial charge in [-0.3, -0.25) is 0 Å². The van der Waals surface area contributed by atoms with Crippen molar-refractivity contribution in [2.75, 3.05) is 43.9 Å². The molecule has 3 nitrogen and oxygen atoms in total. The number of hydrogen-bond donors (Lipinski definition) is 1. The molecule has 0 aliphatic carbocycles. The lowest BCUT2D eigenvalue weighted by Crippen LogP contribution is -2.42. The zero-order valence-electron chi connectivity index (χ0n) is 12.2. The Bertz CT molecular complexity index is 436. The Balaban J connectivity index is 1.74. The van der Waals surface area contributed by atoms with Crippen LogP contribution in [0.3, 0.4) is 0 Å². The topological polar surface area (TPSA) is 18.5 Å². The number of nitrogens with zero attached hydrogens (tertiary/aromatic N) is 2. The van der Waals surface area contributed by atoms with E-state index in [2.05, 4.69) is 47.4 Å². The average Bonchev–Trinajstić information content (AvgIpc) is 2.47. The van der Waals surface area contributed by atoms with Crippen molar-refractivity contribution in [2.45, 2.75) is 31.7 Å². The number of benzene rings is 1. The van der Waals surface area contributed by atoms with Crippen molar-refractivity contribution in [1.29, 1.82) is 0 Å². The third kappa shape index (κ3) is 2.71. The van der Waals surface area contributed by atoms with Crippen LogP contribution in [0.5, 0.6) is 0 Å². The fourth-order valence-electron chi connectivity index (χ4n) is 3.26. The van der Waals surface area contributed by atoms with Gasteiger partial charge in [-0.25, -0.2) is 0 Å². The summed E-state index contributed by atoms with van der Waals surface area (Å²) >= 11 is 0. The molecule has 2 aliphatic heterocycles. The quantitative estimate of drug-likeness (QED) is 0.880. The summed E-state index contributed by atoms with van der Waals surface area (Å²) in [4.78, 5) is 4.91. The van der Waals surface area contributed by atoms with Gasteiger partial charge in [-0.15, -0.1) is 0 Å². The average molecular weight is 259 g/mol. The van der Waals surface area contributed by atoms with Crippen LogP contribution in [0, 0.1) is 0 Å². The van der Waals surface area contributed by atoms with E-state index in [0.717, 1.165) is 6.54 Å². The molecule has 2 aliphatic rings. The number of nitrogens with one attached hydrogen (secondary N) is 1. The molecule has 0 atom stereocenters. The molecule has 19 heavy (non-hydrogen) atoms. The summed E-state index contributed by atoms with van der Waals surface area (Å²) in [5, 5.41) is 3.53. The summed E-state index contributed by atoms with van der Waals surface area (Å²) in [5.74, 6) is 0. The molecule has 1 aromatic carbocycles. The summed E-state index contributed by atoms with van der Waals surface area (Å²) in [6, 6.07) is 7.64. The number of rotatable bonds is 2. The van der Waals surface area contributed by atoms with E-state index in [1.54, 1.807) is 0 Å². The van der Waals surface area contributed by atoms with Crippen LogP contribution in [0.1, 0.15) is 24.8 Å². The molecule has 0 aromatic heterocycles. The van der Waals surface area contributed by atoms with Crippen LogP contribution in [0.25, 0.3) is 0 Å². The lowest BCUT2D eigenvalue weighted by Gasteiger charge is -2.36. The monoisotopic (exact) mass is 259 g/mol. The molecular weight excluding hydrogens is 234 g/mol. The Kier molecular flexibility index (Phi) is 3.65. The predicted octanol–water partition coefficient (Wildman–Crippen LogP) is 2.58. The van der Waals surface area contributed by atoms with Gasteiger partial charge in [0.2, 0.25) is 0 Å². The first-order valence-electron chi connectivity index (χ1n) is 7.52. The van der Waals surface area contributed by atoms with E-state index in [1.165, 1.54) is 55.7 Å². The number of fused-ring (bicyclic) bond motifs is 1. The lowest BCUT2D eigenvalue weighted by molar-refractivity contribution is 0.253. The molecule has 3 heteroatoms. The molecule has 1 fully saturated rings. The van der Waals surface area contributed by atoms with E-state index in [-0.39, 0.29) is 0 Å². The maximum atomic E-state index is 3.53. The maximum absolute atomic E-state index is 3.53. The van der Waals surface area contributed by atoms with E-state index in [4.69, 9.17) is 0 Å². The van der Waals surface area contributed by atoms with Crippen molar-refractivity contribution in [1.82, 2.24) is 4.90 Å². The summed E-state index contributed by atoms with van der Waals surface area (Å²) in [6.07, 6.45) is 5.03. The van der Waals surface area contributed by atoms with E-state index in [1.807, 2.05) is 0 Å². The minimum atomic E-state index is 0.692. The Morgan fingerprint density at radius 2 is 2.05 bits per heavy atom. The number of aryl methyl sites for hydroxylation is 1. The Morgan fingerprint density at radius 3 is 2.84 bits per heavy atom. The van der Waals surface area contributed by atoms with Gasteiger partial charge in [0.1, 0.15) is 0 Å². The molecule has 1 saturated heterocycles. The van der Waals surface area contributed by atoms with Crippen molar-refractivity contribution >= 4 is 11.4 Å². The summed E-state index contributed by atoms with van der Waals surface area (Å²) in [6.45, 7) is 3.56. The molecule has 0 saturated carbocycles. The second kappa shape index (κ2) is 5.41. The van der Waals surface area contributed by atoms with Gasteiger partial charge in [-0.1, -0.05) is 6.07 Å². The van der Waals surface area contributed by atoms with Crippen molar-refractivity contribution in [3.63, 3.8) is 0 Å². The van der Waals surface area contributed by atoms with Crippen molar-refractivity contribution in [3.8, 4) is 0 Å². The zero-order chi connectivity index (χ0) is 13.2. The number of anilines is 2. The Morgan fingerprint density at radius 1 is 1.26 bits per heavy atom. The van der Waals surface area contributed by atoms with Gasteiger partial charge < -0.3 is 15.1 Å². The molecule has 0 unspecified atom stereocenters. The van der Waals surface area contributed by atoms with E-state index < -0.39 is 0 Å². The molecule has 1 aromatic rings. The SMILES string of the molecule is CN1CCC(N(C)c2ccc3c(c2)NCCC3)CC1. The third-order valence-corrected chi connectivity index (χ3v) is 4.67. The van der Waals surface area contributed by atoms with Crippen molar-refractivity contribution in [3.05, 3.63) is 23.8 Å². The minimum absolute atomic E-state index is 0.692. The summed E-state index contributed by atoms with van der Waals surface area (Å²) in [5.41, 5.74) is 4.19. The van der Waals surface area contributed by atoms with Gasteiger partial charge in [0.15, 0.2) is 0 Å². The molecule has 0 radical (unpaired) electrons. The van der Waals surface area contributed by atoms with Gasteiger partial charge >= 0.3 is 0 Å². The van der Waals surface area contributed by atoms with Crippen LogP contribution in [0.15, 0.2) is 18.2 Å². The first-order chi connectivity index (χ1) is 9.24. The molecular formula is C16H25N3. The highest BCUT2D eigenvalue weighted by Gasteiger charge is 2.21. The summed E-state index contributed by atoms with van der Waals surface area (Å²) in [7, 11) is 4.47. The lowest BCUT2D eigenvalue weighted by atomic mass is 10.0. The normalized spacial score (nSPS) is 20.7. The van der Waals surface area contributed by atoms with E-state index >= 15 is 0 Å². The van der Waals surface area contributed by atoms with Crippen LogP contribution in [-0.4, -0.2) is 44.7 Å². The van der Waals surface area contributed by atoms with Crippen LogP contribution < -0.4 is 10.2 Å². The second-order valence-corrected chi connectivity index (χ2v) is 6.02. The predicted molar refractivity (Wildman–Crippen MR) is 82.2 cm³/mol. The molecule has 3 rings (SSSR count). The molecule has 2 heterocycles. The zero-order valence-corrected chi connectivity index (χ0v) is 12.2. The largest absolute Gasteiger partial charge is 0.385 e. The van der Waals surface area contributed by atoms with Crippen molar-refractivity contribution in [2.24, 2.45) is 0 Å². The fraction of sp³-hybridized carbons (Fsp3) is 0.625. The first-order valence-corrected chi connectivity index (χ1v) is 7.52. The van der Waals surface area contributed by atoms with Crippen LogP contribution in [0.4, 0.5) is 11.4 Å². The van der Waals surface area contributed by atoms with Crippen LogP contribution in [-0.2, 0) is 6.42 Å². The fourth-order valence-corrected chi connectivity index (χ4v) is 3.26. The number of likely N-dealkylation sites (tertiary alicyclic amines) is 1. The Hall–Kier alpha value is -1.22. The van der Waals surface area contributed by atoms with E-state index in [0.29, 0.717) is 6.04 Å². The van der Waals surface area contributed by atoms with Gasteiger partial charge in [0, 0.05) is 31.0 Å². The van der Waals surface area contributed by atoms with Gasteiger partial charge in [0.25, 0.3) is 0 Å². The Labute approximate surface area is 116 Å². The van der Waals surface area contributed by atoms with Gasteiger partial charge in [-0.2, -0.15) is 0 Å². The standard InChI is InChI=1S/C16H25N3/c1-18-10-7-14(8-11-18)19(2)15-6-5-13-4-3-9-17-16(13)12-15/h5-6,12,14,17H,3-4,7-11H2,1-2H3. The van der Waals surface area contributed by atoms with Gasteiger partial charge in [0.05, 0.1) is 0 Å². The maximum Gasteiger partial charge on any atom is 0.0393 e. The number of hydrogen-bond acceptors (Lipinski definition) is 3. The first kappa shape index (κ1) is 12.8. The highest BCUT2D eigenvalue weighted by molar-refractivity contribution is 5.63. The third-order valence-electron chi connectivity index (χ3n) is 4.67.